The summed E-state index contributed by atoms with van der Waals surface area (Å²) in [4.78, 5) is 5.40. The summed E-state index contributed by atoms with van der Waals surface area (Å²) in [5.74, 6) is 0.708. The lowest BCUT2D eigenvalue weighted by Gasteiger charge is -2.44. The van der Waals surface area contributed by atoms with Gasteiger partial charge >= 0.3 is 0 Å². The standard InChI is InChI=1S/C18H34N2O2/c1-21-12-11-19-13-16(14-22-2)18(15-19)7-9-20(10-8-18)17-5-3-4-6-17/h16-17H,3-15H2,1-2H3. The molecule has 3 rings (SSSR count). The van der Waals surface area contributed by atoms with Crippen molar-refractivity contribution >= 4 is 0 Å². The highest BCUT2D eigenvalue weighted by molar-refractivity contribution is 5.00. The molecule has 4 nitrogen and oxygen atoms in total. The molecule has 0 amide bonds. The average molecular weight is 310 g/mol. The van der Waals surface area contributed by atoms with E-state index in [0.29, 0.717) is 11.3 Å². The van der Waals surface area contributed by atoms with Crippen LogP contribution in [0.25, 0.3) is 0 Å². The van der Waals surface area contributed by atoms with Gasteiger partial charge in [-0.2, -0.15) is 0 Å². The van der Waals surface area contributed by atoms with Crippen LogP contribution >= 0.6 is 0 Å². The van der Waals surface area contributed by atoms with Crippen molar-refractivity contribution in [3.05, 3.63) is 0 Å². The first kappa shape index (κ1) is 16.7. The molecule has 1 unspecified atom stereocenters. The number of likely N-dealkylation sites (tertiary alicyclic amines) is 2. The van der Waals surface area contributed by atoms with Crippen LogP contribution in [0.3, 0.4) is 0 Å². The van der Waals surface area contributed by atoms with E-state index in [2.05, 4.69) is 9.80 Å². The second-order valence-electron chi connectivity index (χ2n) is 7.72. The van der Waals surface area contributed by atoms with Crippen molar-refractivity contribution in [2.45, 2.75) is 44.6 Å². The average Bonchev–Trinajstić information content (AvgIpc) is 3.16. The Morgan fingerprint density at radius 2 is 1.77 bits per heavy atom. The van der Waals surface area contributed by atoms with Gasteiger partial charge in [-0.05, 0) is 44.2 Å². The third kappa shape index (κ3) is 3.50. The molecule has 22 heavy (non-hydrogen) atoms. The fourth-order valence-electron chi connectivity index (χ4n) is 5.14. The lowest BCUT2D eigenvalue weighted by molar-refractivity contribution is 0.0237. The molecule has 2 aliphatic heterocycles. The van der Waals surface area contributed by atoms with E-state index >= 15 is 0 Å². The lowest BCUT2D eigenvalue weighted by Crippen LogP contribution is -2.48. The first-order valence-electron chi connectivity index (χ1n) is 9.22. The van der Waals surface area contributed by atoms with Crippen LogP contribution in [0.5, 0.6) is 0 Å². The highest BCUT2D eigenvalue weighted by Gasteiger charge is 2.48. The molecule has 0 bridgehead atoms. The smallest absolute Gasteiger partial charge is 0.0589 e. The van der Waals surface area contributed by atoms with Crippen LogP contribution in [0.4, 0.5) is 0 Å². The quantitative estimate of drug-likeness (QED) is 0.751. The molecule has 0 radical (unpaired) electrons. The number of rotatable bonds is 6. The molecule has 128 valence electrons. The number of nitrogens with zero attached hydrogens (tertiary/aromatic N) is 2. The van der Waals surface area contributed by atoms with Crippen molar-refractivity contribution in [1.29, 1.82) is 0 Å². The predicted octanol–water partition coefficient (Wildman–Crippen LogP) is 2.24. The second kappa shape index (κ2) is 7.61. The largest absolute Gasteiger partial charge is 0.384 e. The molecule has 4 heteroatoms. The highest BCUT2D eigenvalue weighted by Crippen LogP contribution is 2.45. The van der Waals surface area contributed by atoms with Crippen molar-refractivity contribution in [2.24, 2.45) is 11.3 Å². The van der Waals surface area contributed by atoms with Gasteiger partial charge in [0.2, 0.25) is 0 Å². The summed E-state index contributed by atoms with van der Waals surface area (Å²) in [5.41, 5.74) is 0.499. The molecular weight excluding hydrogens is 276 g/mol. The number of hydrogen-bond donors (Lipinski definition) is 0. The van der Waals surface area contributed by atoms with E-state index in [1.807, 2.05) is 7.11 Å². The predicted molar refractivity (Wildman–Crippen MR) is 89.2 cm³/mol. The minimum Gasteiger partial charge on any atom is -0.384 e. The van der Waals surface area contributed by atoms with Crippen LogP contribution in [0, 0.1) is 11.3 Å². The summed E-state index contributed by atoms with van der Waals surface area (Å²) >= 11 is 0. The van der Waals surface area contributed by atoms with Gasteiger partial charge < -0.3 is 19.3 Å². The first-order valence-corrected chi connectivity index (χ1v) is 9.22. The maximum atomic E-state index is 5.56. The van der Waals surface area contributed by atoms with Crippen LogP contribution in [-0.2, 0) is 9.47 Å². The first-order chi connectivity index (χ1) is 10.8. The van der Waals surface area contributed by atoms with Gasteiger partial charge in [0.15, 0.2) is 0 Å². The van der Waals surface area contributed by atoms with Crippen LogP contribution in [0.15, 0.2) is 0 Å². The molecule has 0 aromatic carbocycles. The van der Waals surface area contributed by atoms with Gasteiger partial charge in [-0.3, -0.25) is 0 Å². The minimum atomic E-state index is 0.499. The van der Waals surface area contributed by atoms with Crippen LogP contribution in [-0.4, -0.2) is 76.0 Å². The summed E-state index contributed by atoms with van der Waals surface area (Å²) in [6.45, 7) is 7.91. The Balaban J connectivity index is 1.58. The molecule has 0 N–H and O–H groups in total. The number of methoxy groups -OCH3 is 2. The van der Waals surface area contributed by atoms with E-state index in [0.717, 1.165) is 25.8 Å². The van der Waals surface area contributed by atoms with Crippen molar-refractivity contribution in [3.63, 3.8) is 0 Å². The Labute approximate surface area is 136 Å². The SMILES string of the molecule is COCCN1CC(COC)C2(CCN(C3CCCC3)CC2)C1. The Morgan fingerprint density at radius 3 is 2.41 bits per heavy atom. The maximum Gasteiger partial charge on any atom is 0.0589 e. The van der Waals surface area contributed by atoms with Gasteiger partial charge in [-0.1, -0.05) is 12.8 Å². The molecule has 1 atom stereocenters. The lowest BCUT2D eigenvalue weighted by atomic mass is 9.71. The number of ether oxygens (including phenoxy) is 2. The molecule has 1 aliphatic carbocycles. The van der Waals surface area contributed by atoms with Crippen molar-refractivity contribution in [1.82, 2.24) is 9.80 Å². The molecule has 0 aromatic rings. The summed E-state index contributed by atoms with van der Waals surface area (Å²) < 4.78 is 10.8. The maximum absolute atomic E-state index is 5.56. The zero-order chi connectivity index (χ0) is 15.4. The van der Waals surface area contributed by atoms with E-state index in [1.54, 1.807) is 7.11 Å². The van der Waals surface area contributed by atoms with Gasteiger partial charge in [0, 0.05) is 45.8 Å². The Morgan fingerprint density at radius 1 is 1.05 bits per heavy atom. The van der Waals surface area contributed by atoms with Crippen molar-refractivity contribution in [2.75, 3.05) is 60.2 Å². The van der Waals surface area contributed by atoms with E-state index in [-0.39, 0.29) is 0 Å². The highest BCUT2D eigenvalue weighted by atomic mass is 16.5. The molecule has 2 heterocycles. The third-order valence-corrected chi connectivity index (χ3v) is 6.50. The Bertz CT molecular complexity index is 336. The van der Waals surface area contributed by atoms with E-state index < -0.39 is 0 Å². The van der Waals surface area contributed by atoms with Crippen LogP contribution in [0.1, 0.15) is 38.5 Å². The Kier molecular flexibility index (Phi) is 5.77. The fourth-order valence-corrected chi connectivity index (χ4v) is 5.14. The number of piperidine rings is 1. The Hall–Kier alpha value is -0.160. The van der Waals surface area contributed by atoms with Gasteiger partial charge in [0.1, 0.15) is 0 Å². The van der Waals surface area contributed by atoms with E-state index in [1.165, 1.54) is 64.7 Å². The zero-order valence-corrected chi connectivity index (χ0v) is 14.6. The molecule has 3 fully saturated rings. The van der Waals surface area contributed by atoms with Gasteiger partial charge in [0.05, 0.1) is 13.2 Å². The van der Waals surface area contributed by atoms with Crippen LogP contribution in [0.2, 0.25) is 0 Å². The fraction of sp³-hybridized carbons (Fsp3) is 1.00. The second-order valence-corrected chi connectivity index (χ2v) is 7.72. The van der Waals surface area contributed by atoms with Gasteiger partial charge in [-0.15, -0.1) is 0 Å². The molecular formula is C18H34N2O2. The van der Waals surface area contributed by atoms with Crippen molar-refractivity contribution in [3.8, 4) is 0 Å². The monoisotopic (exact) mass is 310 g/mol. The van der Waals surface area contributed by atoms with E-state index in [4.69, 9.17) is 9.47 Å². The molecule has 2 saturated heterocycles. The number of hydrogen-bond acceptors (Lipinski definition) is 4. The third-order valence-electron chi connectivity index (χ3n) is 6.50. The molecule has 1 spiro atoms. The van der Waals surface area contributed by atoms with Crippen molar-refractivity contribution < 1.29 is 9.47 Å². The van der Waals surface area contributed by atoms with Gasteiger partial charge in [-0.25, -0.2) is 0 Å². The summed E-state index contributed by atoms with van der Waals surface area (Å²) in [6, 6.07) is 0.893. The molecule has 1 saturated carbocycles. The summed E-state index contributed by atoms with van der Waals surface area (Å²) in [6.07, 6.45) is 8.50. The van der Waals surface area contributed by atoms with Crippen LogP contribution < -0.4 is 0 Å². The zero-order valence-electron chi connectivity index (χ0n) is 14.6. The van der Waals surface area contributed by atoms with E-state index in [9.17, 15) is 0 Å². The summed E-state index contributed by atoms with van der Waals surface area (Å²) in [5, 5.41) is 0. The topological polar surface area (TPSA) is 24.9 Å². The molecule has 3 aliphatic rings. The summed E-state index contributed by atoms with van der Waals surface area (Å²) in [7, 11) is 3.66. The van der Waals surface area contributed by atoms with Gasteiger partial charge in [0.25, 0.3) is 0 Å². The normalized spacial score (nSPS) is 30.5. The minimum absolute atomic E-state index is 0.499. The molecule has 0 aromatic heterocycles.